The topological polar surface area (TPSA) is 70.8 Å². The summed E-state index contributed by atoms with van der Waals surface area (Å²) in [5.74, 6) is 0.886. The number of nitrogen functional groups attached to an aromatic ring is 1. The largest absolute Gasteiger partial charge is 0.493 e. The molecule has 0 aliphatic heterocycles. The van der Waals surface area contributed by atoms with Crippen molar-refractivity contribution in [3.8, 4) is 11.5 Å². The van der Waals surface area contributed by atoms with Crippen LogP contribution >= 0.6 is 0 Å². The van der Waals surface area contributed by atoms with Gasteiger partial charge in [0.2, 0.25) is 0 Å². The van der Waals surface area contributed by atoms with E-state index in [1.54, 1.807) is 19.2 Å². The summed E-state index contributed by atoms with van der Waals surface area (Å²) < 4.78 is 15.5. The van der Waals surface area contributed by atoms with Crippen LogP contribution in [0.4, 0.5) is 5.69 Å². The Morgan fingerprint density at radius 3 is 2.47 bits per heavy atom. The monoisotopic (exact) mass is 239 g/mol. The number of methoxy groups -OCH3 is 2. The molecule has 5 nitrogen and oxygen atoms in total. The number of hydrogen-bond donors (Lipinski definition) is 1. The molecule has 1 aromatic carbocycles. The van der Waals surface area contributed by atoms with Gasteiger partial charge in [0, 0.05) is 24.4 Å². The second-order valence-corrected chi connectivity index (χ2v) is 3.49. The predicted molar refractivity (Wildman–Crippen MR) is 64.8 cm³/mol. The summed E-state index contributed by atoms with van der Waals surface area (Å²) in [6, 6.07) is 3.17. The lowest BCUT2D eigenvalue weighted by molar-refractivity contribution is 0.101. The van der Waals surface area contributed by atoms with E-state index in [0.29, 0.717) is 36.0 Å². The van der Waals surface area contributed by atoms with Crippen LogP contribution in [0.25, 0.3) is 0 Å². The Kier molecular flexibility index (Phi) is 4.78. The van der Waals surface area contributed by atoms with Crippen molar-refractivity contribution in [1.29, 1.82) is 0 Å². The van der Waals surface area contributed by atoms with Gasteiger partial charge in [-0.15, -0.1) is 0 Å². The second-order valence-electron chi connectivity index (χ2n) is 3.49. The smallest absolute Gasteiger partial charge is 0.163 e. The molecule has 2 N–H and O–H groups in total. The predicted octanol–water partition coefficient (Wildman–Crippen LogP) is 1.51. The van der Waals surface area contributed by atoms with Crippen molar-refractivity contribution < 1.29 is 19.0 Å². The van der Waals surface area contributed by atoms with Gasteiger partial charge in [-0.1, -0.05) is 0 Å². The van der Waals surface area contributed by atoms with E-state index in [9.17, 15) is 4.79 Å². The number of carbonyl (C=O) groups excluding carboxylic acids is 1. The van der Waals surface area contributed by atoms with Crippen LogP contribution in [0.3, 0.4) is 0 Å². The van der Waals surface area contributed by atoms with Crippen LogP contribution in [0.2, 0.25) is 0 Å². The number of carbonyl (C=O) groups is 1. The lowest BCUT2D eigenvalue weighted by Crippen LogP contribution is -2.07. The summed E-state index contributed by atoms with van der Waals surface area (Å²) >= 11 is 0. The van der Waals surface area contributed by atoms with Gasteiger partial charge < -0.3 is 19.9 Å². The quantitative estimate of drug-likeness (QED) is 0.463. The molecule has 0 saturated heterocycles. The Bertz CT molecular complexity index is 404. The highest BCUT2D eigenvalue weighted by atomic mass is 16.5. The van der Waals surface area contributed by atoms with E-state index in [1.807, 2.05) is 0 Å². The summed E-state index contributed by atoms with van der Waals surface area (Å²) in [5.41, 5.74) is 6.57. The first-order valence-corrected chi connectivity index (χ1v) is 5.20. The highest BCUT2D eigenvalue weighted by Crippen LogP contribution is 2.32. The molecule has 0 bridgehead atoms. The molecular formula is C12H17NO4. The third kappa shape index (κ3) is 3.35. The van der Waals surface area contributed by atoms with Crippen LogP contribution in [0.5, 0.6) is 11.5 Å². The van der Waals surface area contributed by atoms with E-state index in [2.05, 4.69) is 0 Å². The minimum atomic E-state index is -0.107. The zero-order chi connectivity index (χ0) is 12.8. The SMILES string of the molecule is COCCOc1cc(N)c(C(C)=O)cc1OC. The maximum absolute atomic E-state index is 11.3. The van der Waals surface area contributed by atoms with Gasteiger partial charge >= 0.3 is 0 Å². The van der Waals surface area contributed by atoms with Gasteiger partial charge in [-0.3, -0.25) is 4.79 Å². The number of Topliss-reactive ketones (excluding diaryl/α,β-unsaturated/α-hetero) is 1. The molecule has 0 aliphatic carbocycles. The molecule has 17 heavy (non-hydrogen) atoms. The van der Waals surface area contributed by atoms with E-state index in [-0.39, 0.29) is 5.78 Å². The summed E-state index contributed by atoms with van der Waals surface area (Å²) in [5, 5.41) is 0. The molecule has 1 aromatic rings. The fourth-order valence-electron chi connectivity index (χ4n) is 1.39. The molecule has 0 amide bonds. The third-order valence-electron chi connectivity index (χ3n) is 2.26. The van der Waals surface area contributed by atoms with Crippen molar-refractivity contribution in [2.75, 3.05) is 33.2 Å². The standard InChI is InChI=1S/C12H17NO4/c1-8(14)9-6-11(16-3)12(7-10(9)13)17-5-4-15-2/h6-7H,4-5,13H2,1-3H3. The van der Waals surface area contributed by atoms with Gasteiger partial charge in [0.25, 0.3) is 0 Å². The molecule has 5 heteroatoms. The number of ketones is 1. The van der Waals surface area contributed by atoms with Crippen LogP contribution in [0, 0.1) is 0 Å². The normalized spacial score (nSPS) is 10.1. The number of ether oxygens (including phenoxy) is 3. The minimum absolute atomic E-state index is 0.107. The van der Waals surface area contributed by atoms with E-state index in [1.165, 1.54) is 14.0 Å². The number of hydrogen-bond acceptors (Lipinski definition) is 5. The van der Waals surface area contributed by atoms with Crippen molar-refractivity contribution in [2.24, 2.45) is 0 Å². The van der Waals surface area contributed by atoms with Gasteiger partial charge in [0.05, 0.1) is 13.7 Å². The zero-order valence-electron chi connectivity index (χ0n) is 10.3. The summed E-state index contributed by atoms with van der Waals surface area (Å²) in [6.07, 6.45) is 0. The first-order valence-electron chi connectivity index (χ1n) is 5.20. The molecule has 0 spiro atoms. The average Bonchev–Trinajstić information content (AvgIpc) is 2.29. The fraction of sp³-hybridized carbons (Fsp3) is 0.417. The fourth-order valence-corrected chi connectivity index (χ4v) is 1.39. The van der Waals surface area contributed by atoms with E-state index in [0.717, 1.165) is 0 Å². The van der Waals surface area contributed by atoms with Gasteiger partial charge in [0.1, 0.15) is 6.61 Å². The van der Waals surface area contributed by atoms with Gasteiger partial charge in [0.15, 0.2) is 17.3 Å². The molecule has 0 radical (unpaired) electrons. The number of benzene rings is 1. The summed E-state index contributed by atoms with van der Waals surface area (Å²) in [4.78, 5) is 11.3. The van der Waals surface area contributed by atoms with Crippen molar-refractivity contribution >= 4 is 11.5 Å². The van der Waals surface area contributed by atoms with Crippen molar-refractivity contribution in [3.63, 3.8) is 0 Å². The second kappa shape index (κ2) is 6.10. The van der Waals surface area contributed by atoms with Gasteiger partial charge in [-0.05, 0) is 13.0 Å². The number of rotatable bonds is 6. The zero-order valence-corrected chi connectivity index (χ0v) is 10.3. The van der Waals surface area contributed by atoms with Gasteiger partial charge in [-0.2, -0.15) is 0 Å². The first kappa shape index (κ1) is 13.3. The van der Waals surface area contributed by atoms with Gasteiger partial charge in [-0.25, -0.2) is 0 Å². The molecule has 0 unspecified atom stereocenters. The maximum atomic E-state index is 11.3. The average molecular weight is 239 g/mol. The molecule has 0 atom stereocenters. The maximum Gasteiger partial charge on any atom is 0.163 e. The molecule has 0 saturated carbocycles. The lowest BCUT2D eigenvalue weighted by atomic mass is 10.1. The van der Waals surface area contributed by atoms with Crippen molar-refractivity contribution in [1.82, 2.24) is 0 Å². The number of anilines is 1. The lowest BCUT2D eigenvalue weighted by Gasteiger charge is -2.13. The van der Waals surface area contributed by atoms with Crippen LogP contribution in [-0.2, 0) is 4.74 Å². The van der Waals surface area contributed by atoms with Crippen LogP contribution in [0.1, 0.15) is 17.3 Å². The Morgan fingerprint density at radius 2 is 1.94 bits per heavy atom. The van der Waals surface area contributed by atoms with Crippen LogP contribution < -0.4 is 15.2 Å². The molecule has 0 aliphatic rings. The minimum Gasteiger partial charge on any atom is -0.493 e. The molecule has 0 fully saturated rings. The third-order valence-corrected chi connectivity index (χ3v) is 2.26. The number of nitrogens with two attached hydrogens (primary N) is 1. The summed E-state index contributed by atoms with van der Waals surface area (Å²) in [6.45, 7) is 2.32. The van der Waals surface area contributed by atoms with Crippen LogP contribution in [0.15, 0.2) is 12.1 Å². The molecule has 0 aromatic heterocycles. The molecule has 0 heterocycles. The van der Waals surface area contributed by atoms with E-state index < -0.39 is 0 Å². The molecular weight excluding hydrogens is 222 g/mol. The highest BCUT2D eigenvalue weighted by Gasteiger charge is 2.12. The van der Waals surface area contributed by atoms with E-state index in [4.69, 9.17) is 19.9 Å². The Morgan fingerprint density at radius 1 is 1.24 bits per heavy atom. The van der Waals surface area contributed by atoms with Crippen molar-refractivity contribution in [3.05, 3.63) is 17.7 Å². The summed E-state index contributed by atoms with van der Waals surface area (Å²) in [7, 11) is 3.10. The first-order chi connectivity index (χ1) is 8.10. The van der Waals surface area contributed by atoms with Crippen molar-refractivity contribution in [2.45, 2.75) is 6.92 Å². The van der Waals surface area contributed by atoms with E-state index >= 15 is 0 Å². The Labute approximate surface area is 100 Å². The van der Waals surface area contributed by atoms with Crippen LogP contribution in [-0.4, -0.2) is 33.2 Å². The Hall–Kier alpha value is -1.75. The molecule has 1 rings (SSSR count). The molecule has 94 valence electrons. The Balaban J connectivity index is 2.97. The highest BCUT2D eigenvalue weighted by molar-refractivity contribution is 5.99.